The second kappa shape index (κ2) is 17.6. The molecule has 0 aromatic rings. The first-order valence-electron chi connectivity index (χ1n) is 10.8. The summed E-state index contributed by atoms with van der Waals surface area (Å²) in [5.41, 5.74) is 0. The van der Waals surface area contributed by atoms with E-state index in [9.17, 15) is 24.9 Å². The van der Waals surface area contributed by atoms with Gasteiger partial charge in [-0.05, 0) is 6.42 Å². The van der Waals surface area contributed by atoms with Crippen LogP contribution in [0.1, 0.15) is 84.0 Å². The second-order valence-corrected chi connectivity index (χ2v) is 8.67. The van der Waals surface area contributed by atoms with Gasteiger partial charge < -0.3 is 29.7 Å². The standard InChI is InChI=1S/C16H33NO4.C5H11NO2/c1-2-3-4-5-6-7-8-9-10-11-12-13-16(20,21)17-14-15(18)19;1-6(2,3)4-5(7)8/h17,20-21H,2-14H2,1H3,(H,18,19);4H2,1-3H3. The van der Waals surface area contributed by atoms with Crippen molar-refractivity contribution in [2.24, 2.45) is 0 Å². The van der Waals surface area contributed by atoms with Gasteiger partial charge >= 0.3 is 5.97 Å². The summed E-state index contributed by atoms with van der Waals surface area (Å²) in [7, 11) is 5.40. The molecule has 0 aliphatic rings. The van der Waals surface area contributed by atoms with Crippen molar-refractivity contribution in [2.75, 3.05) is 34.2 Å². The van der Waals surface area contributed by atoms with E-state index < -0.39 is 24.4 Å². The summed E-state index contributed by atoms with van der Waals surface area (Å²) in [6.45, 7) is 1.86. The maximum atomic E-state index is 10.3. The number of likely N-dealkylation sites (N-methyl/N-ethyl adjacent to an activating group) is 1. The SMILES string of the molecule is CCCCCCCCCCCCCC(O)(O)NCC(=O)O.C[N+](C)(C)CC(=O)[O-]. The first-order chi connectivity index (χ1) is 13.4. The van der Waals surface area contributed by atoms with E-state index >= 15 is 0 Å². The Balaban J connectivity index is 0. The summed E-state index contributed by atoms with van der Waals surface area (Å²) in [6, 6.07) is 0. The minimum atomic E-state index is -2.06. The van der Waals surface area contributed by atoms with Crippen molar-refractivity contribution in [3.8, 4) is 0 Å². The zero-order valence-corrected chi connectivity index (χ0v) is 18.9. The molecule has 0 heterocycles. The van der Waals surface area contributed by atoms with E-state index in [0.717, 1.165) is 12.8 Å². The lowest BCUT2D eigenvalue weighted by molar-refractivity contribution is -0.864. The number of carboxylic acid groups (broad SMARTS) is 2. The van der Waals surface area contributed by atoms with E-state index in [1.165, 1.54) is 51.4 Å². The van der Waals surface area contributed by atoms with Crippen molar-refractivity contribution in [3.63, 3.8) is 0 Å². The largest absolute Gasteiger partial charge is 0.544 e. The van der Waals surface area contributed by atoms with Crippen LogP contribution in [-0.2, 0) is 9.59 Å². The van der Waals surface area contributed by atoms with E-state index in [1.807, 2.05) is 0 Å². The van der Waals surface area contributed by atoms with Crippen LogP contribution in [0.15, 0.2) is 0 Å². The Morgan fingerprint density at radius 1 is 0.862 bits per heavy atom. The van der Waals surface area contributed by atoms with Gasteiger partial charge in [-0.15, -0.1) is 0 Å². The van der Waals surface area contributed by atoms with Crippen LogP contribution >= 0.6 is 0 Å². The fourth-order valence-electron chi connectivity index (χ4n) is 2.73. The minimum absolute atomic E-state index is 0.0694. The van der Waals surface area contributed by atoms with Gasteiger partial charge in [-0.3, -0.25) is 10.1 Å². The molecule has 0 fully saturated rings. The highest BCUT2D eigenvalue weighted by atomic mass is 16.5. The maximum Gasteiger partial charge on any atom is 0.317 e. The number of hydrogen-bond donors (Lipinski definition) is 4. The normalized spacial score (nSPS) is 11.7. The van der Waals surface area contributed by atoms with Gasteiger partial charge in [-0.2, -0.15) is 0 Å². The number of nitrogens with one attached hydrogen (secondary N) is 1. The van der Waals surface area contributed by atoms with E-state index in [1.54, 1.807) is 21.1 Å². The summed E-state index contributed by atoms with van der Waals surface area (Å²) in [6.07, 6.45) is 13.3. The number of hydrogen-bond acceptors (Lipinski definition) is 6. The van der Waals surface area contributed by atoms with Gasteiger partial charge in [0.05, 0.1) is 33.7 Å². The van der Waals surface area contributed by atoms with E-state index in [2.05, 4.69) is 12.2 Å². The van der Waals surface area contributed by atoms with Crippen LogP contribution < -0.4 is 10.4 Å². The van der Waals surface area contributed by atoms with Gasteiger partial charge in [0, 0.05) is 6.42 Å². The van der Waals surface area contributed by atoms with Gasteiger partial charge in [0.2, 0.25) is 5.91 Å². The van der Waals surface area contributed by atoms with E-state index in [-0.39, 0.29) is 13.0 Å². The molecule has 0 aliphatic heterocycles. The number of nitrogens with zero attached hydrogens (tertiary/aromatic N) is 1. The molecule has 29 heavy (non-hydrogen) atoms. The van der Waals surface area contributed by atoms with Crippen LogP contribution in [0.3, 0.4) is 0 Å². The van der Waals surface area contributed by atoms with Crippen molar-refractivity contribution in [1.82, 2.24) is 5.32 Å². The first kappa shape index (κ1) is 30.0. The number of quaternary nitrogens is 1. The summed E-state index contributed by atoms with van der Waals surface area (Å²) in [5.74, 6) is -4.16. The molecule has 0 unspecified atom stereocenters. The fraction of sp³-hybridized carbons (Fsp3) is 0.905. The van der Waals surface area contributed by atoms with E-state index in [0.29, 0.717) is 10.9 Å². The highest BCUT2D eigenvalue weighted by Crippen LogP contribution is 2.14. The molecule has 0 saturated carbocycles. The molecule has 0 radical (unpaired) electrons. The van der Waals surface area contributed by atoms with Crippen LogP contribution in [0.2, 0.25) is 0 Å². The third-order valence-corrected chi connectivity index (χ3v) is 4.26. The molecule has 4 N–H and O–H groups in total. The Labute approximate surface area is 176 Å². The van der Waals surface area contributed by atoms with Crippen molar-refractivity contribution >= 4 is 11.9 Å². The molecule has 0 spiro atoms. The van der Waals surface area contributed by atoms with Crippen molar-refractivity contribution in [2.45, 2.75) is 89.9 Å². The van der Waals surface area contributed by atoms with Crippen LogP contribution in [0, 0.1) is 0 Å². The zero-order chi connectivity index (χ0) is 22.8. The monoisotopic (exact) mass is 420 g/mol. The van der Waals surface area contributed by atoms with Gasteiger partial charge in [-0.25, -0.2) is 0 Å². The fourth-order valence-corrected chi connectivity index (χ4v) is 2.73. The molecule has 0 aliphatic carbocycles. The summed E-state index contributed by atoms with van der Waals surface area (Å²) >= 11 is 0. The minimum Gasteiger partial charge on any atom is -0.544 e. The smallest absolute Gasteiger partial charge is 0.317 e. The summed E-state index contributed by atoms with van der Waals surface area (Å²) < 4.78 is 0.419. The van der Waals surface area contributed by atoms with Crippen molar-refractivity contribution in [1.29, 1.82) is 0 Å². The Morgan fingerprint density at radius 2 is 1.28 bits per heavy atom. The summed E-state index contributed by atoms with van der Waals surface area (Å²) in [5, 5.41) is 39.5. The second-order valence-electron chi connectivity index (χ2n) is 8.67. The molecule has 0 rings (SSSR count). The Bertz CT molecular complexity index is 422. The van der Waals surface area contributed by atoms with Gasteiger partial charge in [0.15, 0.2) is 0 Å². The average Bonchev–Trinajstić information content (AvgIpc) is 2.56. The molecule has 174 valence electrons. The van der Waals surface area contributed by atoms with Crippen molar-refractivity contribution in [3.05, 3.63) is 0 Å². The molecule has 0 atom stereocenters. The van der Waals surface area contributed by atoms with Gasteiger partial charge in [0.25, 0.3) is 0 Å². The van der Waals surface area contributed by atoms with Gasteiger partial charge in [-0.1, -0.05) is 71.1 Å². The number of carboxylic acids is 2. The predicted molar refractivity (Wildman–Crippen MR) is 112 cm³/mol. The van der Waals surface area contributed by atoms with Crippen LogP contribution in [0.4, 0.5) is 0 Å². The number of carbonyl (C=O) groups excluding carboxylic acids is 1. The Hall–Kier alpha value is -1.22. The highest BCUT2D eigenvalue weighted by molar-refractivity contribution is 5.69. The third-order valence-electron chi connectivity index (χ3n) is 4.26. The average molecular weight is 421 g/mol. The zero-order valence-electron chi connectivity index (χ0n) is 18.9. The Morgan fingerprint density at radius 3 is 1.59 bits per heavy atom. The molecule has 8 heteroatoms. The quantitative estimate of drug-likeness (QED) is 0.159. The number of rotatable bonds is 17. The van der Waals surface area contributed by atoms with Crippen LogP contribution in [-0.4, -0.2) is 71.9 Å². The number of carbonyl (C=O) groups is 2. The predicted octanol–water partition coefficient (Wildman–Crippen LogP) is 1.44. The molecular weight excluding hydrogens is 376 g/mol. The maximum absolute atomic E-state index is 10.3. The lowest BCUT2D eigenvalue weighted by atomic mass is 10.0. The molecule has 0 aromatic carbocycles. The highest BCUT2D eigenvalue weighted by Gasteiger charge is 2.22. The molecule has 0 saturated heterocycles. The van der Waals surface area contributed by atoms with Crippen LogP contribution in [0.25, 0.3) is 0 Å². The molecule has 0 amide bonds. The van der Waals surface area contributed by atoms with E-state index in [4.69, 9.17) is 5.11 Å². The summed E-state index contributed by atoms with van der Waals surface area (Å²) in [4.78, 5) is 20.2. The van der Waals surface area contributed by atoms with Crippen molar-refractivity contribution < 1.29 is 34.5 Å². The van der Waals surface area contributed by atoms with Crippen LogP contribution in [0.5, 0.6) is 0 Å². The first-order valence-corrected chi connectivity index (χ1v) is 10.8. The topological polar surface area (TPSA) is 130 Å². The molecule has 0 bridgehead atoms. The molecule has 8 nitrogen and oxygen atoms in total. The lowest BCUT2D eigenvalue weighted by Crippen LogP contribution is -2.47. The number of unbranched alkanes of at least 4 members (excludes halogenated alkanes) is 10. The number of aliphatic carboxylic acids is 2. The number of aliphatic hydroxyl groups is 2. The third kappa shape index (κ3) is 29.1. The Kier molecular flexibility index (Phi) is 18.2. The molecule has 0 aromatic heterocycles. The lowest BCUT2D eigenvalue weighted by Gasteiger charge is -2.23. The van der Waals surface area contributed by atoms with Gasteiger partial charge in [0.1, 0.15) is 6.54 Å². The molecular formula is C21H44N2O6.